The van der Waals surface area contributed by atoms with E-state index in [1.807, 2.05) is 12.3 Å². The van der Waals surface area contributed by atoms with Crippen LogP contribution in [-0.4, -0.2) is 40.4 Å². The molecule has 118 valence electrons. The first-order valence-electron chi connectivity index (χ1n) is 7.03. The van der Waals surface area contributed by atoms with E-state index in [1.165, 1.54) is 11.8 Å². The second-order valence-electron chi connectivity index (χ2n) is 4.99. The Labute approximate surface area is 147 Å². The molecule has 0 aliphatic carbocycles. The average Bonchev–Trinajstić information content (AvgIpc) is 3.05. The first kappa shape index (κ1) is 16.0. The molecular weight excluding hydrogens is 378 g/mol. The van der Waals surface area contributed by atoms with Crippen LogP contribution in [0.1, 0.15) is 12.0 Å². The largest absolute Gasteiger partial charge is 0.487 e. The van der Waals surface area contributed by atoms with Crippen molar-refractivity contribution in [2.75, 3.05) is 24.2 Å². The van der Waals surface area contributed by atoms with Gasteiger partial charge in [0, 0.05) is 25.4 Å². The van der Waals surface area contributed by atoms with E-state index in [4.69, 9.17) is 4.74 Å². The van der Waals surface area contributed by atoms with Gasteiger partial charge in [0.1, 0.15) is 23.5 Å². The minimum atomic E-state index is 0.0490. The van der Waals surface area contributed by atoms with Gasteiger partial charge in [-0.1, -0.05) is 11.8 Å². The van der Waals surface area contributed by atoms with Gasteiger partial charge in [0.25, 0.3) is 0 Å². The van der Waals surface area contributed by atoms with Crippen LogP contribution in [0.3, 0.4) is 0 Å². The van der Waals surface area contributed by atoms with E-state index in [1.54, 1.807) is 18.6 Å². The second-order valence-corrected chi connectivity index (χ2v) is 6.61. The lowest BCUT2D eigenvalue weighted by Gasteiger charge is -2.19. The molecule has 3 rings (SSSR count). The van der Waals surface area contributed by atoms with Gasteiger partial charge in [0.05, 0.1) is 17.2 Å². The van der Waals surface area contributed by atoms with E-state index in [2.05, 4.69) is 41.9 Å². The summed E-state index contributed by atoms with van der Waals surface area (Å²) >= 11 is 4.90. The molecule has 1 saturated heterocycles. The molecule has 1 unspecified atom stereocenters. The average molecular weight is 392 g/mol. The minimum absolute atomic E-state index is 0.0490. The van der Waals surface area contributed by atoms with Gasteiger partial charge >= 0.3 is 0 Å². The van der Waals surface area contributed by atoms with Crippen LogP contribution >= 0.6 is 27.7 Å². The van der Waals surface area contributed by atoms with E-state index >= 15 is 0 Å². The Morgan fingerprint density at radius 3 is 3.09 bits per heavy atom. The second kappa shape index (κ2) is 7.15. The van der Waals surface area contributed by atoms with E-state index < -0.39 is 0 Å². The number of rotatable bonds is 4. The molecule has 0 spiro atoms. The van der Waals surface area contributed by atoms with E-state index in [-0.39, 0.29) is 6.10 Å². The Morgan fingerprint density at radius 2 is 2.35 bits per heavy atom. The molecule has 1 aliphatic rings. The number of aromatic nitrogens is 3. The van der Waals surface area contributed by atoms with E-state index in [9.17, 15) is 5.26 Å². The summed E-state index contributed by atoms with van der Waals surface area (Å²) in [4.78, 5) is 14.8. The highest BCUT2D eigenvalue weighted by Gasteiger charge is 2.27. The molecule has 0 saturated carbocycles. The Morgan fingerprint density at radius 1 is 1.48 bits per heavy atom. The fraction of sp³-hybridized carbons (Fsp3) is 0.333. The fourth-order valence-corrected chi connectivity index (χ4v) is 3.11. The first-order valence-corrected chi connectivity index (χ1v) is 9.05. The molecule has 0 radical (unpaired) electrons. The van der Waals surface area contributed by atoms with Gasteiger partial charge in [-0.2, -0.15) is 5.26 Å². The maximum atomic E-state index is 9.27. The predicted molar refractivity (Wildman–Crippen MR) is 91.7 cm³/mol. The van der Waals surface area contributed by atoms with Crippen molar-refractivity contribution in [1.29, 1.82) is 5.26 Å². The summed E-state index contributed by atoms with van der Waals surface area (Å²) in [5.41, 5.74) is 0.494. The predicted octanol–water partition coefficient (Wildman–Crippen LogP) is 2.89. The van der Waals surface area contributed by atoms with Gasteiger partial charge in [0.2, 0.25) is 0 Å². The molecule has 0 amide bonds. The van der Waals surface area contributed by atoms with E-state index in [0.717, 1.165) is 23.2 Å². The number of pyridine rings is 1. The molecule has 0 bridgehead atoms. The van der Waals surface area contributed by atoms with Crippen LogP contribution in [0, 0.1) is 11.3 Å². The van der Waals surface area contributed by atoms with Gasteiger partial charge in [0.15, 0.2) is 11.0 Å². The molecule has 1 aliphatic heterocycles. The summed E-state index contributed by atoms with van der Waals surface area (Å²) in [7, 11) is 0. The van der Waals surface area contributed by atoms with Gasteiger partial charge in [-0.25, -0.2) is 9.97 Å². The van der Waals surface area contributed by atoms with Crippen LogP contribution in [-0.2, 0) is 0 Å². The van der Waals surface area contributed by atoms with Gasteiger partial charge in [-0.3, -0.25) is 4.98 Å². The summed E-state index contributed by atoms with van der Waals surface area (Å²) < 4.78 is 6.86. The third-order valence-corrected chi connectivity index (χ3v) is 4.68. The highest BCUT2D eigenvalue weighted by atomic mass is 79.9. The zero-order valence-electron chi connectivity index (χ0n) is 12.4. The van der Waals surface area contributed by atoms with E-state index in [0.29, 0.717) is 23.1 Å². The van der Waals surface area contributed by atoms with Crippen LogP contribution < -0.4 is 9.64 Å². The van der Waals surface area contributed by atoms with Crippen molar-refractivity contribution >= 4 is 33.5 Å². The molecule has 8 heteroatoms. The summed E-state index contributed by atoms with van der Waals surface area (Å²) in [5, 5.41) is 9.94. The summed E-state index contributed by atoms with van der Waals surface area (Å²) in [5.74, 6) is 1.46. The number of halogens is 1. The van der Waals surface area contributed by atoms with Crippen LogP contribution in [0.25, 0.3) is 0 Å². The molecular formula is C15H14BrN5OS. The van der Waals surface area contributed by atoms with Crippen molar-refractivity contribution < 1.29 is 4.74 Å². The van der Waals surface area contributed by atoms with Crippen LogP contribution in [0.5, 0.6) is 5.75 Å². The zero-order valence-corrected chi connectivity index (χ0v) is 14.8. The maximum Gasteiger partial charge on any atom is 0.189 e. The zero-order chi connectivity index (χ0) is 16.2. The molecule has 1 fully saturated rings. The summed E-state index contributed by atoms with van der Waals surface area (Å²) in [6.07, 6.45) is 7.84. The lowest BCUT2D eigenvalue weighted by Crippen LogP contribution is -2.26. The SMILES string of the molecule is CSc1ncc(C#N)c(N2CCC(Oc3ccncc3Br)C2)n1. The number of ether oxygens (including phenoxy) is 1. The van der Waals surface area contributed by atoms with Crippen LogP contribution in [0.15, 0.2) is 34.3 Å². The standard InChI is InChI=1S/C15H14BrN5OS/c1-23-15-19-7-10(6-17)14(20-15)21-5-3-11(9-21)22-13-2-4-18-8-12(13)16/h2,4,7-8,11H,3,5,9H2,1H3. The van der Waals surface area contributed by atoms with Gasteiger partial charge in [-0.05, 0) is 28.3 Å². The minimum Gasteiger partial charge on any atom is -0.487 e. The Kier molecular flexibility index (Phi) is 4.98. The Bertz CT molecular complexity index is 751. The topological polar surface area (TPSA) is 74.9 Å². The van der Waals surface area contributed by atoms with Crippen LogP contribution in [0.4, 0.5) is 5.82 Å². The van der Waals surface area contributed by atoms with Crippen molar-refractivity contribution in [2.45, 2.75) is 17.7 Å². The number of hydrogen-bond acceptors (Lipinski definition) is 7. The van der Waals surface area contributed by atoms with Gasteiger partial charge in [-0.15, -0.1) is 0 Å². The smallest absolute Gasteiger partial charge is 0.189 e. The molecule has 2 aromatic heterocycles. The number of hydrogen-bond donors (Lipinski definition) is 0. The molecule has 23 heavy (non-hydrogen) atoms. The number of anilines is 1. The third kappa shape index (κ3) is 3.57. The third-order valence-electron chi connectivity index (χ3n) is 3.52. The summed E-state index contributed by atoms with van der Waals surface area (Å²) in [6.45, 7) is 1.49. The lowest BCUT2D eigenvalue weighted by molar-refractivity contribution is 0.223. The van der Waals surface area contributed by atoms with Crippen molar-refractivity contribution in [3.63, 3.8) is 0 Å². The maximum absolute atomic E-state index is 9.27. The van der Waals surface area contributed by atoms with Crippen molar-refractivity contribution in [1.82, 2.24) is 15.0 Å². The number of nitriles is 1. The molecule has 1 atom stereocenters. The van der Waals surface area contributed by atoms with Crippen LogP contribution in [0.2, 0.25) is 0 Å². The molecule has 0 N–H and O–H groups in total. The first-order chi connectivity index (χ1) is 11.2. The molecule has 0 aromatic carbocycles. The quantitative estimate of drug-likeness (QED) is 0.585. The van der Waals surface area contributed by atoms with Crippen molar-refractivity contribution in [2.24, 2.45) is 0 Å². The lowest BCUT2D eigenvalue weighted by atomic mass is 10.3. The Hall–Kier alpha value is -1.85. The number of thioether (sulfide) groups is 1. The summed E-state index contributed by atoms with van der Waals surface area (Å²) in [6, 6.07) is 4.00. The van der Waals surface area contributed by atoms with Gasteiger partial charge < -0.3 is 9.64 Å². The molecule has 2 aromatic rings. The molecule has 3 heterocycles. The fourth-order valence-electron chi connectivity index (χ4n) is 2.43. The van der Waals surface area contributed by atoms with Crippen molar-refractivity contribution in [3.05, 3.63) is 34.7 Å². The van der Waals surface area contributed by atoms with Crippen molar-refractivity contribution in [3.8, 4) is 11.8 Å². The monoisotopic (exact) mass is 391 g/mol. The molecule has 6 nitrogen and oxygen atoms in total. The number of nitrogens with zero attached hydrogens (tertiary/aromatic N) is 5. The highest BCUT2D eigenvalue weighted by molar-refractivity contribution is 9.10. The Balaban J connectivity index is 1.75. The highest BCUT2D eigenvalue weighted by Crippen LogP contribution is 2.28. The normalized spacial score (nSPS) is 17.1.